The Balaban J connectivity index is 1.76. The van der Waals surface area contributed by atoms with Gasteiger partial charge in [-0.25, -0.2) is 9.18 Å². The Kier molecular flexibility index (Phi) is 9.50. The van der Waals surface area contributed by atoms with E-state index in [2.05, 4.69) is 31.9 Å². The summed E-state index contributed by atoms with van der Waals surface area (Å²) in [6, 6.07) is 12.8. The molecular formula is C27H32Br2ClFN2O3. The van der Waals surface area contributed by atoms with E-state index in [-0.39, 0.29) is 38.3 Å². The number of ether oxygens (including phenoxy) is 1. The lowest BCUT2D eigenvalue weighted by Gasteiger charge is -2.41. The van der Waals surface area contributed by atoms with E-state index < -0.39 is 23.3 Å². The molecule has 0 radical (unpaired) electrons. The van der Waals surface area contributed by atoms with Crippen molar-refractivity contribution in [2.24, 2.45) is 0 Å². The number of rotatable bonds is 6. The summed E-state index contributed by atoms with van der Waals surface area (Å²) in [5.41, 5.74) is -0.592. The standard InChI is InChI=1S/C27H32Br2ClFN2O3/c1-26(2,3)36-25(35)33-11-9-27(31,10-12-33)23(19-5-7-22(30)8-6-19)16-24(34)32(4)17-18-13-20(28)15-21(29)14-18/h5-8,13-15,23H,9-12,16-17H2,1-4H3. The fourth-order valence-electron chi connectivity index (χ4n) is 4.43. The minimum atomic E-state index is -1.65. The van der Waals surface area contributed by atoms with Crippen molar-refractivity contribution in [1.82, 2.24) is 9.80 Å². The zero-order valence-electron chi connectivity index (χ0n) is 21.0. The zero-order chi connectivity index (χ0) is 26.7. The highest BCUT2D eigenvalue weighted by Crippen LogP contribution is 2.43. The van der Waals surface area contributed by atoms with E-state index in [1.807, 2.05) is 18.2 Å². The maximum Gasteiger partial charge on any atom is 0.410 e. The zero-order valence-corrected chi connectivity index (χ0v) is 24.9. The lowest BCUT2D eigenvalue weighted by molar-refractivity contribution is -0.132. The van der Waals surface area contributed by atoms with Gasteiger partial charge in [0, 0.05) is 53.0 Å². The van der Waals surface area contributed by atoms with Gasteiger partial charge in [0.05, 0.1) is 0 Å². The van der Waals surface area contributed by atoms with E-state index in [0.717, 1.165) is 20.1 Å². The predicted molar refractivity (Wildman–Crippen MR) is 148 cm³/mol. The topological polar surface area (TPSA) is 49.9 Å². The fourth-order valence-corrected chi connectivity index (χ4v) is 5.94. The van der Waals surface area contributed by atoms with Crippen LogP contribution < -0.4 is 0 Å². The Bertz CT molecular complexity index is 1060. The van der Waals surface area contributed by atoms with Gasteiger partial charge in [-0.15, -0.1) is 0 Å². The summed E-state index contributed by atoms with van der Waals surface area (Å²) in [6.07, 6.45) is -0.191. The molecule has 1 atom stereocenters. The summed E-state index contributed by atoms with van der Waals surface area (Å²) in [5.74, 6) is -0.822. The van der Waals surface area contributed by atoms with Crippen LogP contribution in [0.25, 0.3) is 0 Å². The third-order valence-corrected chi connectivity index (χ3v) is 7.46. The number of hydrogen-bond donors (Lipinski definition) is 0. The van der Waals surface area contributed by atoms with Gasteiger partial charge in [0.2, 0.25) is 5.91 Å². The van der Waals surface area contributed by atoms with E-state index in [1.165, 1.54) is 0 Å². The normalized spacial score (nSPS) is 16.4. The molecule has 9 heteroatoms. The van der Waals surface area contributed by atoms with Crippen LogP contribution in [0.5, 0.6) is 0 Å². The Morgan fingerprint density at radius 2 is 1.67 bits per heavy atom. The van der Waals surface area contributed by atoms with Crippen LogP contribution in [0, 0.1) is 0 Å². The molecule has 2 amide bonds. The summed E-state index contributed by atoms with van der Waals surface area (Å²) in [5, 5.41) is 0.550. The van der Waals surface area contributed by atoms with Gasteiger partial charge < -0.3 is 14.5 Å². The van der Waals surface area contributed by atoms with Crippen LogP contribution >= 0.6 is 43.5 Å². The maximum absolute atomic E-state index is 16.6. The molecule has 1 aliphatic heterocycles. The minimum absolute atomic E-state index is 0.0102. The van der Waals surface area contributed by atoms with Gasteiger partial charge in [-0.1, -0.05) is 55.6 Å². The van der Waals surface area contributed by atoms with E-state index in [0.29, 0.717) is 11.6 Å². The number of halogens is 4. The summed E-state index contributed by atoms with van der Waals surface area (Å²) in [7, 11) is 1.73. The van der Waals surface area contributed by atoms with Crippen LogP contribution in [-0.4, -0.2) is 53.2 Å². The number of carbonyl (C=O) groups excluding carboxylic acids is 2. The summed E-state index contributed by atoms with van der Waals surface area (Å²) < 4.78 is 23.8. The maximum atomic E-state index is 16.6. The molecule has 1 unspecified atom stereocenters. The predicted octanol–water partition coefficient (Wildman–Crippen LogP) is 7.74. The molecule has 196 valence electrons. The molecule has 36 heavy (non-hydrogen) atoms. The van der Waals surface area contributed by atoms with Crippen molar-refractivity contribution < 1.29 is 18.7 Å². The van der Waals surface area contributed by atoms with Gasteiger partial charge in [-0.2, -0.15) is 0 Å². The first-order valence-electron chi connectivity index (χ1n) is 11.9. The Hall–Kier alpha value is -1.64. The molecule has 1 saturated heterocycles. The van der Waals surface area contributed by atoms with Crippen LogP contribution in [0.1, 0.15) is 57.1 Å². The molecule has 0 saturated carbocycles. The molecule has 2 aromatic rings. The molecule has 0 aliphatic carbocycles. The molecule has 0 aromatic heterocycles. The molecule has 5 nitrogen and oxygen atoms in total. The first kappa shape index (κ1) is 28.9. The second-order valence-electron chi connectivity index (χ2n) is 10.3. The van der Waals surface area contributed by atoms with Crippen LogP contribution in [0.3, 0.4) is 0 Å². The summed E-state index contributed by atoms with van der Waals surface area (Å²) in [6.45, 7) is 6.27. The molecule has 1 aliphatic rings. The highest BCUT2D eigenvalue weighted by atomic mass is 79.9. The van der Waals surface area contributed by atoms with E-state index in [4.69, 9.17) is 16.3 Å². The van der Waals surface area contributed by atoms with Gasteiger partial charge in [0.15, 0.2) is 0 Å². The number of likely N-dealkylation sites (tertiary alicyclic amines) is 1. The molecule has 1 fully saturated rings. The smallest absolute Gasteiger partial charge is 0.410 e. The second kappa shape index (κ2) is 11.8. The molecule has 0 N–H and O–H groups in total. The number of amides is 2. The van der Waals surface area contributed by atoms with E-state index in [1.54, 1.807) is 61.9 Å². The Morgan fingerprint density at radius 1 is 1.11 bits per heavy atom. The number of benzene rings is 2. The second-order valence-corrected chi connectivity index (χ2v) is 12.6. The SMILES string of the molecule is CN(Cc1cc(Br)cc(Br)c1)C(=O)CC(c1ccc(Cl)cc1)C1(F)CCN(C(=O)OC(C)(C)C)CC1. The fraction of sp³-hybridized carbons (Fsp3) is 0.481. The minimum Gasteiger partial charge on any atom is -0.444 e. The number of piperidine rings is 1. The molecule has 1 heterocycles. The molecule has 3 rings (SSSR count). The van der Waals surface area contributed by atoms with Crippen molar-refractivity contribution in [3.05, 3.63) is 67.6 Å². The van der Waals surface area contributed by atoms with Gasteiger partial charge in [-0.3, -0.25) is 4.79 Å². The number of alkyl halides is 1. The molecule has 2 aromatic carbocycles. The Morgan fingerprint density at radius 3 is 2.19 bits per heavy atom. The third kappa shape index (κ3) is 7.93. The first-order valence-corrected chi connectivity index (χ1v) is 13.8. The van der Waals surface area contributed by atoms with Crippen molar-refractivity contribution in [3.63, 3.8) is 0 Å². The highest BCUT2D eigenvalue weighted by Gasteiger charge is 2.45. The number of hydrogen-bond acceptors (Lipinski definition) is 3. The molecule has 0 spiro atoms. The van der Waals surface area contributed by atoms with E-state index >= 15 is 4.39 Å². The van der Waals surface area contributed by atoms with Crippen molar-refractivity contribution in [1.29, 1.82) is 0 Å². The largest absolute Gasteiger partial charge is 0.444 e. The van der Waals surface area contributed by atoms with Crippen LogP contribution in [0.2, 0.25) is 5.02 Å². The van der Waals surface area contributed by atoms with Crippen molar-refractivity contribution >= 4 is 55.5 Å². The van der Waals surface area contributed by atoms with Gasteiger partial charge in [0.25, 0.3) is 0 Å². The van der Waals surface area contributed by atoms with Crippen molar-refractivity contribution in [3.8, 4) is 0 Å². The summed E-state index contributed by atoms with van der Waals surface area (Å²) in [4.78, 5) is 29.0. The summed E-state index contributed by atoms with van der Waals surface area (Å²) >= 11 is 13.0. The van der Waals surface area contributed by atoms with Crippen molar-refractivity contribution in [2.75, 3.05) is 20.1 Å². The van der Waals surface area contributed by atoms with Gasteiger partial charge in [0.1, 0.15) is 11.3 Å². The van der Waals surface area contributed by atoms with Crippen LogP contribution in [0.4, 0.5) is 9.18 Å². The molecular weight excluding hydrogens is 615 g/mol. The third-order valence-electron chi connectivity index (χ3n) is 6.29. The number of nitrogens with zero attached hydrogens (tertiary/aromatic N) is 2. The van der Waals surface area contributed by atoms with Gasteiger partial charge in [-0.05, 0) is 75.1 Å². The Labute approximate surface area is 234 Å². The lowest BCUT2D eigenvalue weighted by Crippen LogP contribution is -2.49. The van der Waals surface area contributed by atoms with E-state index in [9.17, 15) is 9.59 Å². The molecule has 0 bridgehead atoms. The van der Waals surface area contributed by atoms with Crippen LogP contribution in [0.15, 0.2) is 51.4 Å². The van der Waals surface area contributed by atoms with Gasteiger partial charge >= 0.3 is 6.09 Å². The van der Waals surface area contributed by atoms with Crippen LogP contribution in [-0.2, 0) is 16.1 Å². The first-order chi connectivity index (χ1) is 16.8. The monoisotopic (exact) mass is 644 g/mol. The average Bonchev–Trinajstić information content (AvgIpc) is 2.76. The highest BCUT2D eigenvalue weighted by molar-refractivity contribution is 9.11. The number of carbonyl (C=O) groups is 2. The average molecular weight is 647 g/mol. The quantitative estimate of drug-likeness (QED) is 0.323. The lowest BCUT2D eigenvalue weighted by atomic mass is 9.75. The van der Waals surface area contributed by atoms with Crippen molar-refractivity contribution in [2.45, 2.75) is 63.8 Å².